The molecule has 116 valence electrons. The van der Waals surface area contributed by atoms with Crippen LogP contribution in [0, 0.1) is 5.41 Å². The lowest BCUT2D eigenvalue weighted by molar-refractivity contribution is -0.147. The molecule has 1 unspecified atom stereocenters. The van der Waals surface area contributed by atoms with Crippen molar-refractivity contribution in [3.05, 3.63) is 33.8 Å². The number of rotatable bonds is 1. The van der Waals surface area contributed by atoms with Gasteiger partial charge in [0.2, 0.25) is 0 Å². The van der Waals surface area contributed by atoms with Crippen LogP contribution in [0.5, 0.6) is 0 Å². The van der Waals surface area contributed by atoms with E-state index in [1.807, 2.05) is 12.1 Å². The maximum absolute atomic E-state index is 6.52. The predicted octanol–water partition coefficient (Wildman–Crippen LogP) is 4.99. The fourth-order valence-electron chi connectivity index (χ4n) is 3.43. The molecule has 1 atom stereocenters. The van der Waals surface area contributed by atoms with Crippen LogP contribution in [0.4, 0.5) is 0 Å². The van der Waals surface area contributed by atoms with Crippen LogP contribution in [0.15, 0.2) is 18.2 Å². The third-order valence-electron chi connectivity index (χ3n) is 4.99. The van der Waals surface area contributed by atoms with Crippen LogP contribution in [-0.4, -0.2) is 18.7 Å². The van der Waals surface area contributed by atoms with E-state index in [-0.39, 0.29) is 11.7 Å². The highest BCUT2D eigenvalue weighted by Crippen LogP contribution is 2.45. The molecule has 0 amide bonds. The zero-order chi connectivity index (χ0) is 15.1. The molecule has 1 heterocycles. The zero-order valence-electron chi connectivity index (χ0n) is 12.7. The second kappa shape index (κ2) is 5.73. The van der Waals surface area contributed by atoms with Gasteiger partial charge in [-0.15, -0.1) is 0 Å². The third-order valence-corrected chi connectivity index (χ3v) is 5.56. The van der Waals surface area contributed by atoms with Gasteiger partial charge in [0.25, 0.3) is 0 Å². The number of halogens is 2. The SMILES string of the molecule is CC1(C)CCC2(CC1)CNCC(c1ccc(Cl)cc1Cl)O2. The first-order valence-corrected chi connectivity index (χ1v) is 8.48. The first kappa shape index (κ1) is 15.6. The van der Waals surface area contributed by atoms with Crippen molar-refractivity contribution in [3.8, 4) is 0 Å². The molecule has 21 heavy (non-hydrogen) atoms. The van der Waals surface area contributed by atoms with Crippen LogP contribution in [0.1, 0.15) is 51.2 Å². The Balaban J connectivity index is 1.77. The molecular weight excluding hydrogens is 305 g/mol. The number of ether oxygens (including phenoxy) is 1. The smallest absolute Gasteiger partial charge is 0.0971 e. The summed E-state index contributed by atoms with van der Waals surface area (Å²) in [5.41, 5.74) is 1.46. The fraction of sp³-hybridized carbons (Fsp3) is 0.647. The molecule has 3 rings (SSSR count). The van der Waals surface area contributed by atoms with Crippen LogP contribution in [0.2, 0.25) is 10.0 Å². The fourth-order valence-corrected chi connectivity index (χ4v) is 3.96. The predicted molar refractivity (Wildman–Crippen MR) is 88.1 cm³/mol. The van der Waals surface area contributed by atoms with Gasteiger partial charge < -0.3 is 10.1 Å². The molecule has 1 aliphatic heterocycles. The van der Waals surface area contributed by atoms with E-state index in [1.54, 1.807) is 6.07 Å². The normalized spacial score (nSPS) is 27.7. The van der Waals surface area contributed by atoms with Gasteiger partial charge in [0.15, 0.2) is 0 Å². The molecular formula is C17H23Cl2NO. The van der Waals surface area contributed by atoms with E-state index in [9.17, 15) is 0 Å². The van der Waals surface area contributed by atoms with Crippen LogP contribution < -0.4 is 5.32 Å². The number of benzene rings is 1. The summed E-state index contributed by atoms with van der Waals surface area (Å²) < 4.78 is 6.52. The van der Waals surface area contributed by atoms with E-state index in [2.05, 4.69) is 19.2 Å². The van der Waals surface area contributed by atoms with Gasteiger partial charge in [0.1, 0.15) is 0 Å². The Hall–Kier alpha value is -0.280. The molecule has 1 aromatic rings. The second-order valence-corrected chi connectivity index (χ2v) is 8.09. The molecule has 4 heteroatoms. The summed E-state index contributed by atoms with van der Waals surface area (Å²) in [7, 11) is 0. The van der Waals surface area contributed by atoms with Crippen molar-refractivity contribution in [1.82, 2.24) is 5.32 Å². The zero-order valence-corrected chi connectivity index (χ0v) is 14.2. The molecule has 1 saturated carbocycles. The molecule has 2 nitrogen and oxygen atoms in total. The highest BCUT2D eigenvalue weighted by molar-refractivity contribution is 6.35. The average Bonchev–Trinajstić information content (AvgIpc) is 2.43. The first-order valence-electron chi connectivity index (χ1n) is 7.73. The third kappa shape index (κ3) is 3.39. The van der Waals surface area contributed by atoms with Gasteiger partial charge in [-0.05, 0) is 43.2 Å². The molecule has 1 spiro atoms. The van der Waals surface area contributed by atoms with Crippen molar-refractivity contribution >= 4 is 23.2 Å². The Labute approximate surface area is 137 Å². The summed E-state index contributed by atoms with van der Waals surface area (Å²) in [6, 6.07) is 5.67. The Kier molecular flexibility index (Phi) is 4.26. The Morgan fingerprint density at radius 3 is 2.52 bits per heavy atom. The number of hydrogen-bond donors (Lipinski definition) is 1. The number of hydrogen-bond acceptors (Lipinski definition) is 2. The highest BCUT2D eigenvalue weighted by atomic mass is 35.5. The lowest BCUT2D eigenvalue weighted by Crippen LogP contribution is -2.53. The molecule has 1 aliphatic carbocycles. The summed E-state index contributed by atoms with van der Waals surface area (Å²) in [6.45, 7) is 6.46. The highest BCUT2D eigenvalue weighted by Gasteiger charge is 2.43. The van der Waals surface area contributed by atoms with Crippen molar-refractivity contribution in [1.29, 1.82) is 0 Å². The molecule has 1 aromatic carbocycles. The number of morpholine rings is 1. The van der Waals surface area contributed by atoms with E-state index in [0.717, 1.165) is 31.5 Å². The lowest BCUT2D eigenvalue weighted by atomic mass is 9.70. The molecule has 0 radical (unpaired) electrons. The van der Waals surface area contributed by atoms with E-state index in [1.165, 1.54) is 12.8 Å². The Bertz CT molecular complexity index is 520. The Morgan fingerprint density at radius 1 is 1.14 bits per heavy atom. The maximum atomic E-state index is 6.52. The first-order chi connectivity index (χ1) is 9.89. The molecule has 0 aromatic heterocycles. The molecule has 1 saturated heterocycles. The average molecular weight is 328 g/mol. The minimum absolute atomic E-state index is 0.0183. The second-order valence-electron chi connectivity index (χ2n) is 7.25. The van der Waals surface area contributed by atoms with Crippen molar-refractivity contribution in [3.63, 3.8) is 0 Å². The van der Waals surface area contributed by atoms with Gasteiger partial charge in [-0.2, -0.15) is 0 Å². The Morgan fingerprint density at radius 2 is 1.86 bits per heavy atom. The van der Waals surface area contributed by atoms with Gasteiger partial charge in [0, 0.05) is 28.7 Å². The van der Waals surface area contributed by atoms with Gasteiger partial charge >= 0.3 is 0 Å². The topological polar surface area (TPSA) is 21.3 Å². The molecule has 2 fully saturated rings. The van der Waals surface area contributed by atoms with E-state index in [0.29, 0.717) is 15.5 Å². The number of nitrogens with one attached hydrogen (secondary N) is 1. The molecule has 1 N–H and O–H groups in total. The van der Waals surface area contributed by atoms with Gasteiger partial charge in [-0.3, -0.25) is 0 Å². The minimum atomic E-state index is -0.0264. The summed E-state index contributed by atoms with van der Waals surface area (Å²) in [4.78, 5) is 0. The summed E-state index contributed by atoms with van der Waals surface area (Å²) >= 11 is 12.3. The van der Waals surface area contributed by atoms with Crippen molar-refractivity contribution < 1.29 is 4.74 Å². The monoisotopic (exact) mass is 327 g/mol. The van der Waals surface area contributed by atoms with E-state index >= 15 is 0 Å². The lowest BCUT2D eigenvalue weighted by Gasteiger charge is -2.48. The van der Waals surface area contributed by atoms with Gasteiger partial charge in [-0.25, -0.2) is 0 Å². The van der Waals surface area contributed by atoms with Crippen molar-refractivity contribution in [2.45, 2.75) is 51.2 Å². The summed E-state index contributed by atoms with van der Waals surface area (Å²) in [5, 5.41) is 4.91. The van der Waals surface area contributed by atoms with Crippen LogP contribution in [0.25, 0.3) is 0 Å². The molecule has 2 aliphatic rings. The standard InChI is InChI=1S/C17H23Cl2NO/c1-16(2)5-7-17(8-6-16)11-20-10-15(21-17)13-4-3-12(18)9-14(13)19/h3-4,9,15,20H,5-8,10-11H2,1-2H3. The quantitative estimate of drug-likeness (QED) is 0.784. The summed E-state index contributed by atoms with van der Waals surface area (Å²) in [6.07, 6.45) is 4.69. The van der Waals surface area contributed by atoms with E-state index < -0.39 is 0 Å². The van der Waals surface area contributed by atoms with Gasteiger partial charge in [-0.1, -0.05) is 43.1 Å². The maximum Gasteiger partial charge on any atom is 0.0971 e. The van der Waals surface area contributed by atoms with Crippen LogP contribution >= 0.6 is 23.2 Å². The van der Waals surface area contributed by atoms with Crippen molar-refractivity contribution in [2.75, 3.05) is 13.1 Å². The molecule has 0 bridgehead atoms. The van der Waals surface area contributed by atoms with E-state index in [4.69, 9.17) is 27.9 Å². The van der Waals surface area contributed by atoms with Crippen molar-refractivity contribution in [2.24, 2.45) is 5.41 Å². The van der Waals surface area contributed by atoms with Crippen LogP contribution in [-0.2, 0) is 4.74 Å². The van der Waals surface area contributed by atoms with Gasteiger partial charge in [0.05, 0.1) is 11.7 Å². The summed E-state index contributed by atoms with van der Waals surface area (Å²) in [5.74, 6) is 0. The largest absolute Gasteiger partial charge is 0.364 e. The van der Waals surface area contributed by atoms with Crippen LogP contribution in [0.3, 0.4) is 0 Å². The minimum Gasteiger partial charge on any atom is -0.364 e.